The number of piperidine rings is 1. The molecule has 174 valence electrons. The van der Waals surface area contributed by atoms with Gasteiger partial charge in [0.15, 0.2) is 0 Å². The second kappa shape index (κ2) is 9.35. The largest absolute Gasteiger partial charge is 0.347 e. The van der Waals surface area contributed by atoms with Crippen LogP contribution in [0, 0.1) is 0 Å². The molecule has 1 aliphatic heterocycles. The normalized spacial score (nSPS) is 15.0. The highest BCUT2D eigenvalue weighted by Crippen LogP contribution is 2.37. The van der Waals surface area contributed by atoms with E-state index in [1.54, 1.807) is 11.3 Å². The van der Waals surface area contributed by atoms with E-state index in [4.69, 9.17) is 4.98 Å². The van der Waals surface area contributed by atoms with E-state index < -0.39 is 0 Å². The van der Waals surface area contributed by atoms with Crippen molar-refractivity contribution < 1.29 is 0 Å². The highest BCUT2D eigenvalue weighted by molar-refractivity contribution is 7.13. The zero-order valence-corrected chi connectivity index (χ0v) is 20.6. The third-order valence-corrected chi connectivity index (χ3v) is 7.98. The minimum atomic E-state index is 0.994. The lowest BCUT2D eigenvalue weighted by molar-refractivity contribution is 0.223. The number of para-hydroxylation sites is 1. The van der Waals surface area contributed by atoms with Crippen molar-refractivity contribution >= 4 is 33.3 Å². The highest BCUT2D eigenvalue weighted by atomic mass is 32.1. The van der Waals surface area contributed by atoms with E-state index in [0.29, 0.717) is 0 Å². The summed E-state index contributed by atoms with van der Waals surface area (Å²) in [6.45, 7) is 4.87. The van der Waals surface area contributed by atoms with E-state index in [2.05, 4.69) is 67.1 Å². The Kier molecular flexibility index (Phi) is 5.93. The average molecular weight is 470 g/mol. The first-order valence-electron chi connectivity index (χ1n) is 12.4. The lowest BCUT2D eigenvalue weighted by Gasteiger charge is -2.26. The fourth-order valence-corrected chi connectivity index (χ4v) is 6.18. The van der Waals surface area contributed by atoms with Crippen molar-refractivity contribution in [3.05, 3.63) is 60.4 Å². The first-order valence-corrected chi connectivity index (χ1v) is 13.3. The van der Waals surface area contributed by atoms with Gasteiger partial charge in [-0.25, -0.2) is 9.97 Å². The molecule has 0 radical (unpaired) electrons. The van der Waals surface area contributed by atoms with Crippen LogP contribution in [0.15, 0.2) is 60.4 Å². The maximum absolute atomic E-state index is 5.09. The zero-order valence-electron chi connectivity index (χ0n) is 19.8. The quantitative estimate of drug-likeness (QED) is 0.253. The predicted octanol–water partition coefficient (Wildman–Crippen LogP) is 6.58. The van der Waals surface area contributed by atoms with Crippen LogP contribution < -0.4 is 0 Å². The van der Waals surface area contributed by atoms with Crippen LogP contribution in [0.4, 0.5) is 0 Å². The average Bonchev–Trinajstić information content (AvgIpc) is 3.59. The van der Waals surface area contributed by atoms with E-state index in [1.165, 1.54) is 68.2 Å². The molecule has 1 saturated heterocycles. The Morgan fingerprint density at radius 1 is 0.882 bits per heavy atom. The van der Waals surface area contributed by atoms with Gasteiger partial charge in [-0.3, -0.25) is 0 Å². The van der Waals surface area contributed by atoms with Gasteiger partial charge in [0, 0.05) is 65.0 Å². The number of hydrogen-bond acceptors (Lipinski definition) is 4. The van der Waals surface area contributed by atoms with E-state index >= 15 is 0 Å². The molecule has 1 fully saturated rings. The fraction of sp³-hybridized carbons (Fsp3) is 0.357. The van der Waals surface area contributed by atoms with E-state index in [9.17, 15) is 0 Å². The third kappa shape index (κ3) is 4.05. The molecule has 5 aromatic rings. The van der Waals surface area contributed by atoms with Gasteiger partial charge in [-0.1, -0.05) is 24.6 Å². The summed E-state index contributed by atoms with van der Waals surface area (Å²) >= 11 is 1.73. The summed E-state index contributed by atoms with van der Waals surface area (Å²) < 4.78 is 4.52. The lowest BCUT2D eigenvalue weighted by Crippen LogP contribution is -2.30. The molecule has 0 N–H and O–H groups in total. The Labute approximate surface area is 204 Å². The third-order valence-electron chi connectivity index (χ3n) is 7.10. The van der Waals surface area contributed by atoms with Gasteiger partial charge >= 0.3 is 0 Å². The maximum Gasteiger partial charge on any atom is 0.140 e. The van der Waals surface area contributed by atoms with Gasteiger partial charge in [0.25, 0.3) is 0 Å². The van der Waals surface area contributed by atoms with Crippen molar-refractivity contribution in [2.75, 3.05) is 19.6 Å². The van der Waals surface area contributed by atoms with E-state index in [0.717, 1.165) is 33.8 Å². The maximum atomic E-state index is 5.09. The number of unbranched alkanes of at least 4 members (excludes halogenated alkanes) is 1. The van der Waals surface area contributed by atoms with E-state index in [-0.39, 0.29) is 0 Å². The number of aromatic nitrogens is 4. The molecule has 0 saturated carbocycles. The van der Waals surface area contributed by atoms with Gasteiger partial charge in [0.1, 0.15) is 10.7 Å². The van der Waals surface area contributed by atoms with Gasteiger partial charge in [0.2, 0.25) is 0 Å². The Bertz CT molecular complexity index is 1420. The second-order valence-electron chi connectivity index (χ2n) is 9.43. The molecule has 4 aromatic heterocycles. The van der Waals surface area contributed by atoms with Gasteiger partial charge < -0.3 is 14.0 Å². The van der Waals surface area contributed by atoms with Gasteiger partial charge in [-0.2, -0.15) is 0 Å². The lowest BCUT2D eigenvalue weighted by atomic mass is 10.1. The molecule has 0 spiro atoms. The number of benzene rings is 1. The molecular weight excluding hydrogens is 438 g/mol. The molecule has 34 heavy (non-hydrogen) atoms. The number of nitrogens with zero attached hydrogens (tertiary/aromatic N) is 5. The zero-order chi connectivity index (χ0) is 22.9. The Morgan fingerprint density at radius 2 is 1.71 bits per heavy atom. The van der Waals surface area contributed by atoms with Crippen LogP contribution in [0.2, 0.25) is 0 Å². The van der Waals surface area contributed by atoms with E-state index in [1.807, 2.05) is 19.3 Å². The summed E-state index contributed by atoms with van der Waals surface area (Å²) in [6.07, 6.45) is 12.9. The molecular formula is C28H31N5S. The first-order chi connectivity index (χ1) is 16.8. The molecule has 1 aromatic carbocycles. The molecule has 1 aliphatic rings. The van der Waals surface area contributed by atoms with Crippen molar-refractivity contribution in [2.45, 2.75) is 38.6 Å². The van der Waals surface area contributed by atoms with Crippen molar-refractivity contribution in [1.29, 1.82) is 0 Å². The molecule has 5 heterocycles. The minimum absolute atomic E-state index is 0.994. The SMILES string of the molecule is Cn1cc(-c2csc(-c3cn(CCCCN4CCCCC4)c4ccccc34)n2)c2cccnc21. The number of aryl methyl sites for hydroxylation is 2. The van der Waals surface area contributed by atoms with Crippen LogP contribution in [0.1, 0.15) is 32.1 Å². The van der Waals surface area contributed by atoms with Crippen LogP contribution in [-0.4, -0.2) is 43.6 Å². The number of thiazole rings is 1. The number of fused-ring (bicyclic) bond motifs is 2. The van der Waals surface area contributed by atoms with Crippen molar-refractivity contribution in [1.82, 2.24) is 24.0 Å². The summed E-state index contributed by atoms with van der Waals surface area (Å²) in [5.74, 6) is 0. The molecule has 5 nitrogen and oxygen atoms in total. The monoisotopic (exact) mass is 469 g/mol. The molecule has 6 heteroatoms. The van der Waals surface area contributed by atoms with Crippen LogP contribution in [0.5, 0.6) is 0 Å². The molecule has 6 rings (SSSR count). The van der Waals surface area contributed by atoms with Crippen LogP contribution in [0.25, 0.3) is 43.8 Å². The van der Waals surface area contributed by atoms with Gasteiger partial charge in [-0.05, 0) is 63.5 Å². The Hall–Kier alpha value is -2.96. The van der Waals surface area contributed by atoms with Crippen LogP contribution >= 0.6 is 11.3 Å². The Morgan fingerprint density at radius 3 is 2.62 bits per heavy atom. The molecule has 0 amide bonds. The molecule has 0 aliphatic carbocycles. The first kappa shape index (κ1) is 21.6. The van der Waals surface area contributed by atoms with Gasteiger partial charge in [0.05, 0.1) is 5.69 Å². The summed E-state index contributed by atoms with van der Waals surface area (Å²) in [6, 6.07) is 12.9. The second-order valence-corrected chi connectivity index (χ2v) is 10.3. The number of pyridine rings is 1. The topological polar surface area (TPSA) is 38.9 Å². The number of rotatable bonds is 7. The minimum Gasteiger partial charge on any atom is -0.347 e. The fourth-order valence-electron chi connectivity index (χ4n) is 5.34. The highest BCUT2D eigenvalue weighted by Gasteiger charge is 2.17. The Balaban J connectivity index is 1.25. The standard InChI is InChI=1S/C28H31N5S/c1-31-18-23(22-11-9-13-29-27(22)31)25-20-34-28(30-25)24-19-33(26-12-4-3-10-21(24)26)17-8-7-16-32-14-5-2-6-15-32/h3-4,9-13,18-20H,2,5-8,14-17H2,1H3. The summed E-state index contributed by atoms with van der Waals surface area (Å²) in [7, 11) is 2.05. The summed E-state index contributed by atoms with van der Waals surface area (Å²) in [5.41, 5.74) is 5.71. The van der Waals surface area contributed by atoms with Crippen molar-refractivity contribution in [3.8, 4) is 21.8 Å². The predicted molar refractivity (Wildman–Crippen MR) is 142 cm³/mol. The molecule has 0 bridgehead atoms. The number of hydrogen-bond donors (Lipinski definition) is 0. The summed E-state index contributed by atoms with van der Waals surface area (Å²) in [4.78, 5) is 12.3. The van der Waals surface area contributed by atoms with Crippen molar-refractivity contribution in [2.24, 2.45) is 7.05 Å². The summed E-state index contributed by atoms with van der Waals surface area (Å²) in [5, 5.41) is 5.71. The van der Waals surface area contributed by atoms with Crippen molar-refractivity contribution in [3.63, 3.8) is 0 Å². The van der Waals surface area contributed by atoms with Gasteiger partial charge in [-0.15, -0.1) is 11.3 Å². The number of likely N-dealkylation sites (tertiary alicyclic amines) is 1. The smallest absolute Gasteiger partial charge is 0.140 e. The molecule has 0 unspecified atom stereocenters. The molecule has 0 atom stereocenters. The van der Waals surface area contributed by atoms with Crippen LogP contribution in [-0.2, 0) is 13.6 Å². The van der Waals surface area contributed by atoms with Crippen LogP contribution in [0.3, 0.4) is 0 Å².